The monoisotopic (exact) mass is 898 g/mol. The Kier molecular flexibility index (Phi) is 13.1. The summed E-state index contributed by atoms with van der Waals surface area (Å²) in [5.41, 5.74) is 4.63. The second-order valence-electron chi connectivity index (χ2n) is 17.9. The fourth-order valence-corrected chi connectivity index (χ4v) is 9.22. The Morgan fingerprint density at radius 1 is 0.969 bits per heavy atom. The summed E-state index contributed by atoms with van der Waals surface area (Å²) in [6.07, 6.45) is 4.94. The number of carbonyl (C=O) groups excluding carboxylic acids is 2. The molecule has 0 unspecified atom stereocenters. The van der Waals surface area contributed by atoms with Gasteiger partial charge in [-0.2, -0.15) is 0 Å². The quantitative estimate of drug-likeness (QED) is 0.0941. The van der Waals surface area contributed by atoms with Gasteiger partial charge in [0.25, 0.3) is 5.91 Å². The van der Waals surface area contributed by atoms with Crippen LogP contribution >= 0.6 is 0 Å². The average molecular weight is 899 g/mol. The fraction of sp³-hybridized carbons (Fsp3) is 0.479. The first-order chi connectivity index (χ1) is 30.7. The highest BCUT2D eigenvalue weighted by atomic mass is 16.7. The molecule has 1 amide bonds. The molecule has 9 atom stereocenters. The molecular formula is C48H58N4O13. The second kappa shape index (κ2) is 18.1. The molecule has 1 aromatic heterocycles. The van der Waals surface area contributed by atoms with Crippen LogP contribution in [0, 0.1) is 30.6 Å². The molecule has 0 spiro atoms. The van der Waals surface area contributed by atoms with Crippen LogP contribution in [0.15, 0.2) is 62.3 Å². The Labute approximate surface area is 374 Å². The number of rotatable bonds is 3. The van der Waals surface area contributed by atoms with E-state index in [-0.39, 0.29) is 66.8 Å². The third kappa shape index (κ3) is 8.53. The van der Waals surface area contributed by atoms with Crippen LogP contribution in [0.1, 0.15) is 66.9 Å². The molecule has 3 aromatic carbocycles. The molecule has 7 N–H and O–H groups in total. The summed E-state index contributed by atoms with van der Waals surface area (Å²) < 4.78 is 30.4. The predicted molar refractivity (Wildman–Crippen MR) is 244 cm³/mol. The zero-order valence-corrected chi connectivity index (χ0v) is 38.0. The number of ether oxygens (including phenoxy) is 4. The summed E-state index contributed by atoms with van der Waals surface area (Å²) in [4.78, 5) is 61.9. The summed E-state index contributed by atoms with van der Waals surface area (Å²) in [5.74, 6) is -6.97. The Bertz CT molecular complexity index is 2830. The van der Waals surface area contributed by atoms with E-state index in [2.05, 4.69) is 5.32 Å². The lowest BCUT2D eigenvalue weighted by Crippen LogP contribution is -2.46. The number of benzene rings is 3. The van der Waals surface area contributed by atoms with Gasteiger partial charge >= 0.3 is 11.8 Å². The number of fused-ring (bicyclic) bond motifs is 2. The summed E-state index contributed by atoms with van der Waals surface area (Å²) >= 11 is 0. The smallest absolute Gasteiger partial charge is 0.307 e. The molecule has 17 heteroatoms. The molecule has 4 heterocycles. The summed E-state index contributed by atoms with van der Waals surface area (Å²) in [6.45, 7) is 13.8. The minimum absolute atomic E-state index is 0.0161. The van der Waals surface area contributed by atoms with Crippen molar-refractivity contribution in [2.45, 2.75) is 104 Å². The van der Waals surface area contributed by atoms with Crippen molar-refractivity contribution in [3.8, 4) is 11.5 Å². The van der Waals surface area contributed by atoms with Gasteiger partial charge in [-0.1, -0.05) is 45.9 Å². The van der Waals surface area contributed by atoms with Gasteiger partial charge in [0.05, 0.1) is 35.2 Å². The standard InChI is InChI=1S/C48H58N4O13/c1-21-11-10-12-22(2)47(60)51-38-42(58)34-33(37-45(38)64-32-20-29(19-30(54)36(32)50-37)52-16-13-28(49)14-17-52)35-44(26(6)41(34)57)65-48(8,46(35)59)62-18-15-31(61-9)23(3)43(63-27(7)53)25(5)40(56)24(4)39(21)55/h10-12,15,18-21,23-25,28,31,39-40,43,55-57,59H,13-14,16-17,49H2,1-9H3,(H,51,60)/t21-,23+,24+,25+,31-,39-,40+,43+,48-/m0/s1. The molecule has 348 valence electrons. The molecule has 3 aliphatic rings. The number of nitrogens with one attached hydrogen (secondary N) is 1. The highest BCUT2D eigenvalue weighted by Gasteiger charge is 2.44. The van der Waals surface area contributed by atoms with E-state index in [1.165, 1.54) is 59.3 Å². The van der Waals surface area contributed by atoms with E-state index in [1.807, 2.05) is 4.90 Å². The molecule has 1 fully saturated rings. The maximum Gasteiger partial charge on any atom is 0.307 e. The molecule has 65 heavy (non-hydrogen) atoms. The van der Waals surface area contributed by atoms with E-state index in [9.17, 15) is 39.6 Å². The van der Waals surface area contributed by atoms with Gasteiger partial charge in [-0.3, -0.25) is 19.2 Å². The van der Waals surface area contributed by atoms with Gasteiger partial charge in [0.1, 0.15) is 28.8 Å². The minimum Gasteiger partial charge on any atom is -0.507 e. The third-order valence-corrected chi connectivity index (χ3v) is 13.3. The predicted octanol–water partition coefficient (Wildman–Crippen LogP) is 4.49. The van der Waals surface area contributed by atoms with Gasteiger partial charge < -0.3 is 59.7 Å². The van der Waals surface area contributed by atoms with Gasteiger partial charge in [-0.15, -0.1) is 0 Å². The first-order valence-electron chi connectivity index (χ1n) is 21.8. The third-order valence-electron chi connectivity index (χ3n) is 13.3. The number of hydrogen-bond acceptors (Lipinski definition) is 16. The van der Waals surface area contributed by atoms with Crippen LogP contribution < -0.4 is 36.8 Å². The molecule has 1 saturated heterocycles. The number of aromatic hydroxyl groups is 1. The van der Waals surface area contributed by atoms with Crippen LogP contribution in [0.4, 0.5) is 11.4 Å². The summed E-state index contributed by atoms with van der Waals surface area (Å²) in [7, 11) is 1.44. The average Bonchev–Trinajstić information content (AvgIpc) is 3.54. The maximum atomic E-state index is 14.8. The molecule has 0 radical (unpaired) electrons. The fourth-order valence-electron chi connectivity index (χ4n) is 9.22. The number of aromatic nitrogens is 1. The number of aliphatic hydroxyl groups is 3. The van der Waals surface area contributed by atoms with E-state index in [0.29, 0.717) is 31.6 Å². The largest absolute Gasteiger partial charge is 0.507 e. The van der Waals surface area contributed by atoms with Crippen molar-refractivity contribution in [1.29, 1.82) is 0 Å². The van der Waals surface area contributed by atoms with Crippen LogP contribution in [-0.4, -0.2) is 93.7 Å². The minimum atomic E-state index is -1.98. The number of anilines is 2. The number of esters is 1. The van der Waals surface area contributed by atoms with Crippen LogP contribution in [-0.2, 0) is 23.8 Å². The number of phenols is 1. The van der Waals surface area contributed by atoms with Gasteiger partial charge in [0.2, 0.25) is 10.9 Å². The van der Waals surface area contributed by atoms with E-state index in [1.54, 1.807) is 45.9 Å². The number of methoxy groups -OCH3 is 1. The zero-order valence-electron chi connectivity index (χ0n) is 38.0. The van der Waals surface area contributed by atoms with Crippen molar-refractivity contribution in [2.75, 3.05) is 30.4 Å². The number of nitrogens with two attached hydrogens (primary N) is 1. The lowest BCUT2D eigenvalue weighted by molar-refractivity contribution is -0.160. The molecule has 0 aliphatic carbocycles. The summed E-state index contributed by atoms with van der Waals surface area (Å²) in [5, 5.41) is 49.1. The summed E-state index contributed by atoms with van der Waals surface area (Å²) in [6, 6.07) is 3.10. The number of hydrogen-bond donors (Lipinski definition) is 6. The Morgan fingerprint density at radius 3 is 2.32 bits per heavy atom. The number of allylic oxidation sites excluding steroid dienone is 2. The highest BCUT2D eigenvalue weighted by molar-refractivity contribution is 6.16. The van der Waals surface area contributed by atoms with E-state index < -0.39 is 88.1 Å². The first kappa shape index (κ1) is 47.0. The number of nitrogens with zero attached hydrogens (tertiary/aromatic N) is 2. The normalized spacial score (nSPS) is 28.4. The van der Waals surface area contributed by atoms with Crippen molar-refractivity contribution in [1.82, 2.24) is 4.98 Å². The molecule has 3 aliphatic heterocycles. The first-order valence-corrected chi connectivity index (χ1v) is 21.8. The molecule has 4 bridgehead atoms. The van der Waals surface area contributed by atoms with Crippen molar-refractivity contribution < 1.29 is 53.4 Å². The second-order valence-corrected chi connectivity index (χ2v) is 17.9. The SMILES string of the molecule is CO[C@H]1C=CO[C@@]2(C)Oc3c(C)c(O)c4c(=O)c(c5oc6cc(N7CCC(N)CC7)cc(=O)c6nc5c4c3=C2O)NC(=O)C(C)=CC=C[C@H](C)[C@H](O)[C@@H](C)[C@@H](O)[C@@H](C)[C@H](OC(C)=O)[C@@H]1C. The molecule has 17 nitrogen and oxygen atoms in total. The van der Waals surface area contributed by atoms with Gasteiger partial charge in [0, 0.05) is 98.1 Å². The zero-order chi connectivity index (χ0) is 47.4. The topological polar surface area (TPSA) is 253 Å². The van der Waals surface area contributed by atoms with Gasteiger partial charge in [-0.05, 0) is 32.8 Å². The molecule has 7 rings (SSSR count). The number of phenolic OH excluding ortho intramolecular Hbond substituents is 1. The van der Waals surface area contributed by atoms with Gasteiger partial charge in [-0.25, -0.2) is 4.98 Å². The van der Waals surface area contributed by atoms with Gasteiger partial charge in [0.15, 0.2) is 22.4 Å². The lowest BCUT2D eigenvalue weighted by atomic mass is 9.78. The van der Waals surface area contributed by atoms with Crippen LogP contribution in [0.3, 0.4) is 0 Å². The molecule has 0 saturated carbocycles. The van der Waals surface area contributed by atoms with E-state index in [4.69, 9.17) is 34.1 Å². The Morgan fingerprint density at radius 2 is 1.66 bits per heavy atom. The van der Waals surface area contributed by atoms with Crippen molar-refractivity contribution in [3.05, 3.63) is 79.5 Å². The molecular weight excluding hydrogens is 841 g/mol. The maximum absolute atomic E-state index is 14.8. The van der Waals surface area contributed by atoms with Crippen LogP contribution in [0.2, 0.25) is 0 Å². The Hall–Kier alpha value is -6.01. The number of carbonyl (C=O) groups is 2. The van der Waals surface area contributed by atoms with Crippen molar-refractivity contribution in [3.63, 3.8) is 0 Å². The van der Waals surface area contributed by atoms with E-state index in [0.717, 1.165) is 0 Å². The molecule has 4 aromatic rings. The number of amides is 1. The van der Waals surface area contributed by atoms with Crippen molar-refractivity contribution >= 4 is 62.0 Å². The van der Waals surface area contributed by atoms with Crippen molar-refractivity contribution in [2.24, 2.45) is 29.4 Å². The highest BCUT2D eigenvalue weighted by Crippen LogP contribution is 2.42. The number of piperidine rings is 1. The van der Waals surface area contributed by atoms with Crippen LogP contribution in [0.25, 0.3) is 38.7 Å². The van der Waals surface area contributed by atoms with Crippen LogP contribution in [0.5, 0.6) is 11.5 Å². The Balaban J connectivity index is 1.48. The number of aliphatic hydroxyl groups excluding tert-OH is 3. The lowest BCUT2D eigenvalue weighted by Gasteiger charge is -2.38. The van der Waals surface area contributed by atoms with E-state index >= 15 is 0 Å².